The molecule has 0 saturated heterocycles. The summed E-state index contributed by atoms with van der Waals surface area (Å²) < 4.78 is 5.71. The first-order chi connectivity index (χ1) is 10.1. The Balaban J connectivity index is 2.12. The van der Waals surface area contributed by atoms with Gasteiger partial charge in [0.25, 0.3) is 0 Å². The molecule has 0 aliphatic rings. The number of likely N-dealkylation sites (N-methyl/N-ethyl adjacent to an activating group) is 1. The van der Waals surface area contributed by atoms with Gasteiger partial charge in [0.05, 0.1) is 0 Å². The van der Waals surface area contributed by atoms with Gasteiger partial charge in [0.1, 0.15) is 12.4 Å². The predicted octanol–water partition coefficient (Wildman–Crippen LogP) is 3.00. The lowest BCUT2D eigenvalue weighted by Gasteiger charge is -2.17. The van der Waals surface area contributed by atoms with E-state index in [2.05, 4.69) is 22.2 Å². The van der Waals surface area contributed by atoms with Crippen LogP contribution in [-0.4, -0.2) is 23.6 Å². The Morgan fingerprint density at radius 2 is 1.71 bits per heavy atom. The van der Waals surface area contributed by atoms with Crippen molar-refractivity contribution >= 4 is 0 Å². The molecule has 0 radical (unpaired) electrons. The first-order valence-electron chi connectivity index (χ1n) is 7.28. The number of hydrogen-bond donors (Lipinski definition) is 1. The van der Waals surface area contributed by atoms with Gasteiger partial charge in [-0.25, -0.2) is 9.97 Å². The second kappa shape index (κ2) is 7.18. The van der Waals surface area contributed by atoms with Crippen molar-refractivity contribution in [3.8, 4) is 5.75 Å². The second-order valence-corrected chi connectivity index (χ2v) is 5.28. The summed E-state index contributed by atoms with van der Waals surface area (Å²) in [5.41, 5.74) is 3.31. The van der Waals surface area contributed by atoms with Crippen molar-refractivity contribution in [2.24, 2.45) is 0 Å². The lowest BCUT2D eigenvalue weighted by Crippen LogP contribution is -2.18. The molecular weight excluding hydrogens is 262 g/mol. The molecule has 2 rings (SSSR count). The van der Waals surface area contributed by atoms with Crippen molar-refractivity contribution in [2.75, 3.05) is 13.6 Å². The molecule has 0 spiro atoms. The van der Waals surface area contributed by atoms with Crippen LogP contribution in [0.25, 0.3) is 0 Å². The van der Waals surface area contributed by atoms with Gasteiger partial charge >= 0.3 is 0 Å². The van der Waals surface area contributed by atoms with Crippen LogP contribution in [0.3, 0.4) is 0 Å². The Bertz CT molecular complexity index is 561. The molecule has 1 atom stereocenters. The van der Waals surface area contributed by atoms with Gasteiger partial charge in [-0.2, -0.15) is 0 Å². The minimum atomic E-state index is 0.395. The normalized spacial score (nSPS) is 12.2. The highest BCUT2D eigenvalue weighted by Gasteiger charge is 2.14. The first-order valence-corrected chi connectivity index (χ1v) is 7.28. The van der Waals surface area contributed by atoms with E-state index in [9.17, 15) is 0 Å². The lowest BCUT2D eigenvalue weighted by molar-refractivity contribution is 0.295. The number of nitrogens with one attached hydrogen (secondary N) is 1. The molecule has 1 heterocycles. The molecule has 2 aromatic rings. The maximum atomic E-state index is 5.71. The Morgan fingerprint density at radius 3 is 2.29 bits per heavy atom. The molecule has 21 heavy (non-hydrogen) atoms. The molecular formula is C17H23N3O. The van der Waals surface area contributed by atoms with E-state index >= 15 is 0 Å². The third kappa shape index (κ3) is 4.02. The minimum absolute atomic E-state index is 0.395. The number of nitrogens with zero attached hydrogens (tertiary/aromatic N) is 2. The van der Waals surface area contributed by atoms with Crippen molar-refractivity contribution in [3.05, 3.63) is 53.1 Å². The molecule has 112 valence electrons. The topological polar surface area (TPSA) is 47.0 Å². The average molecular weight is 285 g/mol. The van der Waals surface area contributed by atoms with E-state index in [0.29, 0.717) is 12.5 Å². The summed E-state index contributed by atoms with van der Waals surface area (Å²) in [7, 11) is 1.96. The molecule has 1 unspecified atom stereocenters. The van der Waals surface area contributed by atoms with Crippen LogP contribution in [0, 0.1) is 13.8 Å². The SMILES string of the molecule is CNCC(C)c1c(C)nc(COc2ccccc2)nc1C. The third-order valence-electron chi connectivity index (χ3n) is 3.49. The summed E-state index contributed by atoms with van der Waals surface area (Å²) in [5, 5.41) is 3.20. The van der Waals surface area contributed by atoms with Gasteiger partial charge in [-0.1, -0.05) is 25.1 Å². The fourth-order valence-electron chi connectivity index (χ4n) is 2.65. The van der Waals surface area contributed by atoms with Gasteiger partial charge in [0.15, 0.2) is 5.82 Å². The second-order valence-electron chi connectivity index (χ2n) is 5.28. The number of rotatable bonds is 6. The standard InChI is InChI=1S/C17H23N3O/c1-12(10-18-4)17-13(2)19-16(20-14(17)3)11-21-15-8-6-5-7-9-15/h5-9,12,18H,10-11H2,1-4H3. The molecule has 0 amide bonds. The van der Waals surface area contributed by atoms with E-state index in [1.165, 1.54) is 5.56 Å². The predicted molar refractivity (Wildman–Crippen MR) is 84.6 cm³/mol. The summed E-state index contributed by atoms with van der Waals surface area (Å²) in [6.07, 6.45) is 0. The van der Waals surface area contributed by atoms with Gasteiger partial charge in [-0.3, -0.25) is 0 Å². The van der Waals surface area contributed by atoms with E-state index in [4.69, 9.17) is 4.74 Å². The van der Waals surface area contributed by atoms with Crippen molar-refractivity contribution < 1.29 is 4.74 Å². The summed E-state index contributed by atoms with van der Waals surface area (Å²) in [6.45, 7) is 7.59. The Morgan fingerprint density at radius 1 is 1.10 bits per heavy atom. The van der Waals surface area contributed by atoms with Gasteiger partial charge in [-0.05, 0) is 44.5 Å². The molecule has 0 aliphatic heterocycles. The highest BCUT2D eigenvalue weighted by Crippen LogP contribution is 2.21. The van der Waals surface area contributed by atoms with Crippen LogP contribution < -0.4 is 10.1 Å². The quantitative estimate of drug-likeness (QED) is 0.886. The van der Waals surface area contributed by atoms with Crippen LogP contribution in [-0.2, 0) is 6.61 Å². The highest BCUT2D eigenvalue weighted by atomic mass is 16.5. The number of aryl methyl sites for hydroxylation is 2. The minimum Gasteiger partial charge on any atom is -0.486 e. The number of benzene rings is 1. The van der Waals surface area contributed by atoms with Crippen molar-refractivity contribution in [1.82, 2.24) is 15.3 Å². The van der Waals surface area contributed by atoms with Crippen LogP contribution in [0.2, 0.25) is 0 Å². The van der Waals surface area contributed by atoms with Gasteiger partial charge in [0, 0.05) is 17.9 Å². The van der Waals surface area contributed by atoms with Crippen LogP contribution >= 0.6 is 0 Å². The summed E-state index contributed by atoms with van der Waals surface area (Å²) >= 11 is 0. The van der Waals surface area contributed by atoms with E-state index in [1.807, 2.05) is 51.2 Å². The summed E-state index contributed by atoms with van der Waals surface area (Å²) in [5.74, 6) is 1.97. The Hall–Kier alpha value is -1.94. The molecule has 0 bridgehead atoms. The van der Waals surface area contributed by atoms with Crippen LogP contribution in [0.1, 0.15) is 35.6 Å². The maximum Gasteiger partial charge on any atom is 0.166 e. The molecule has 1 aromatic carbocycles. The fraction of sp³-hybridized carbons (Fsp3) is 0.412. The summed E-state index contributed by atoms with van der Waals surface area (Å²) in [4.78, 5) is 9.18. The zero-order valence-electron chi connectivity index (χ0n) is 13.2. The average Bonchev–Trinajstić information content (AvgIpc) is 2.46. The zero-order chi connectivity index (χ0) is 15.2. The van der Waals surface area contributed by atoms with E-state index in [1.54, 1.807) is 0 Å². The van der Waals surface area contributed by atoms with E-state index in [-0.39, 0.29) is 0 Å². The molecule has 1 N–H and O–H groups in total. The largest absolute Gasteiger partial charge is 0.486 e. The third-order valence-corrected chi connectivity index (χ3v) is 3.49. The van der Waals surface area contributed by atoms with Gasteiger partial charge < -0.3 is 10.1 Å². The molecule has 1 aromatic heterocycles. The lowest BCUT2D eigenvalue weighted by atomic mass is 9.98. The van der Waals surface area contributed by atoms with Crippen LogP contribution in [0.4, 0.5) is 0 Å². The Labute approximate surface area is 126 Å². The van der Waals surface area contributed by atoms with Crippen LogP contribution in [0.5, 0.6) is 5.75 Å². The van der Waals surface area contributed by atoms with E-state index < -0.39 is 0 Å². The fourth-order valence-corrected chi connectivity index (χ4v) is 2.65. The van der Waals surface area contributed by atoms with Crippen LogP contribution in [0.15, 0.2) is 30.3 Å². The first kappa shape index (κ1) is 15.4. The van der Waals surface area contributed by atoms with Gasteiger partial charge in [0.2, 0.25) is 0 Å². The van der Waals surface area contributed by atoms with Crippen molar-refractivity contribution in [1.29, 1.82) is 0 Å². The molecule has 4 heteroatoms. The number of aromatic nitrogens is 2. The molecule has 0 aliphatic carbocycles. The molecule has 0 fully saturated rings. The highest BCUT2D eigenvalue weighted by molar-refractivity contribution is 5.28. The van der Waals surface area contributed by atoms with E-state index in [0.717, 1.165) is 29.5 Å². The van der Waals surface area contributed by atoms with Crippen molar-refractivity contribution in [2.45, 2.75) is 33.3 Å². The van der Waals surface area contributed by atoms with Gasteiger partial charge in [-0.15, -0.1) is 0 Å². The smallest absolute Gasteiger partial charge is 0.166 e. The van der Waals surface area contributed by atoms with Crippen molar-refractivity contribution in [3.63, 3.8) is 0 Å². The summed E-state index contributed by atoms with van der Waals surface area (Å²) in [6, 6.07) is 9.74. The number of hydrogen-bond acceptors (Lipinski definition) is 4. The molecule has 4 nitrogen and oxygen atoms in total. The maximum absolute atomic E-state index is 5.71. The molecule has 0 saturated carbocycles. The Kier molecular flexibility index (Phi) is 5.28. The zero-order valence-corrected chi connectivity index (χ0v) is 13.2. The number of para-hydroxylation sites is 1. The number of ether oxygens (including phenoxy) is 1. The monoisotopic (exact) mass is 285 g/mol.